The van der Waals surface area contributed by atoms with Crippen LogP contribution in [0, 0.1) is 5.92 Å². The van der Waals surface area contributed by atoms with Gasteiger partial charge in [-0.05, 0) is 37.9 Å². The largest absolute Gasteiger partial charge is 0.316 e. The molecule has 1 fully saturated rings. The fraction of sp³-hybridized carbons (Fsp3) is 0.727. The summed E-state index contributed by atoms with van der Waals surface area (Å²) in [6, 6.07) is 1.81. The predicted octanol–water partition coefficient (Wildman–Crippen LogP) is -0.161. The van der Waals surface area contributed by atoms with Crippen LogP contribution in [0.2, 0.25) is 0 Å². The molecule has 102 valence electrons. The standard InChI is InChI=1S/C11H20N4O2S/c1-15-6-4-11(14-15)8-13-18(16,17)9-10-3-2-5-12-7-10/h4,6,10,12-13H,2-3,5,7-9H2,1H3. The van der Waals surface area contributed by atoms with Gasteiger partial charge >= 0.3 is 0 Å². The third kappa shape index (κ3) is 4.08. The Morgan fingerprint density at radius 1 is 1.61 bits per heavy atom. The van der Waals surface area contributed by atoms with Crippen molar-refractivity contribution in [2.24, 2.45) is 13.0 Å². The molecule has 1 aromatic rings. The summed E-state index contributed by atoms with van der Waals surface area (Å²) in [5, 5.41) is 7.36. The number of aromatic nitrogens is 2. The van der Waals surface area contributed by atoms with Crippen LogP contribution in [0.5, 0.6) is 0 Å². The van der Waals surface area contributed by atoms with Crippen LogP contribution in [-0.2, 0) is 23.6 Å². The van der Waals surface area contributed by atoms with Gasteiger partial charge < -0.3 is 5.32 Å². The van der Waals surface area contributed by atoms with Gasteiger partial charge in [0, 0.05) is 13.2 Å². The van der Waals surface area contributed by atoms with Gasteiger partial charge in [-0.1, -0.05) is 0 Å². The van der Waals surface area contributed by atoms with E-state index in [0.717, 1.165) is 31.6 Å². The van der Waals surface area contributed by atoms with E-state index in [9.17, 15) is 8.42 Å². The van der Waals surface area contributed by atoms with Gasteiger partial charge in [-0.3, -0.25) is 4.68 Å². The van der Waals surface area contributed by atoms with Gasteiger partial charge in [0.15, 0.2) is 0 Å². The van der Waals surface area contributed by atoms with Crippen LogP contribution in [0.25, 0.3) is 0 Å². The molecule has 2 heterocycles. The number of nitrogens with zero attached hydrogens (tertiary/aromatic N) is 2. The van der Waals surface area contributed by atoms with Crippen molar-refractivity contribution in [1.82, 2.24) is 19.8 Å². The van der Waals surface area contributed by atoms with Gasteiger partial charge in [-0.25, -0.2) is 13.1 Å². The zero-order chi connectivity index (χ0) is 13.0. The van der Waals surface area contributed by atoms with Gasteiger partial charge in [-0.2, -0.15) is 5.10 Å². The normalized spacial score (nSPS) is 21.1. The van der Waals surface area contributed by atoms with E-state index < -0.39 is 10.0 Å². The smallest absolute Gasteiger partial charge is 0.212 e. The summed E-state index contributed by atoms with van der Waals surface area (Å²) >= 11 is 0. The molecule has 2 rings (SSSR count). The molecule has 6 nitrogen and oxygen atoms in total. The molecular formula is C11H20N4O2S. The lowest BCUT2D eigenvalue weighted by Crippen LogP contribution is -2.37. The second kappa shape index (κ2) is 5.81. The number of nitrogens with one attached hydrogen (secondary N) is 2. The average Bonchev–Trinajstić information content (AvgIpc) is 2.74. The average molecular weight is 272 g/mol. The van der Waals surface area contributed by atoms with E-state index in [1.807, 2.05) is 13.1 Å². The Morgan fingerprint density at radius 3 is 3.06 bits per heavy atom. The fourth-order valence-electron chi connectivity index (χ4n) is 2.18. The highest BCUT2D eigenvalue weighted by atomic mass is 32.2. The molecule has 0 amide bonds. The Labute approximate surface area is 108 Å². The van der Waals surface area contributed by atoms with E-state index >= 15 is 0 Å². The van der Waals surface area contributed by atoms with Gasteiger partial charge in [0.1, 0.15) is 0 Å². The number of piperidine rings is 1. The van der Waals surface area contributed by atoms with Gasteiger partial charge in [0.05, 0.1) is 18.0 Å². The Morgan fingerprint density at radius 2 is 2.44 bits per heavy atom. The molecule has 0 aromatic carbocycles. The molecule has 2 N–H and O–H groups in total. The van der Waals surface area contributed by atoms with Crippen LogP contribution in [0.4, 0.5) is 0 Å². The second-order valence-electron chi connectivity index (χ2n) is 4.80. The molecule has 0 spiro atoms. The van der Waals surface area contributed by atoms with Crippen molar-refractivity contribution in [3.8, 4) is 0 Å². The summed E-state index contributed by atoms with van der Waals surface area (Å²) in [7, 11) is -1.40. The Balaban J connectivity index is 1.83. The molecule has 1 aliphatic heterocycles. The van der Waals surface area contributed by atoms with E-state index in [1.165, 1.54) is 0 Å². The van der Waals surface area contributed by atoms with Crippen molar-refractivity contribution in [2.45, 2.75) is 19.4 Å². The highest BCUT2D eigenvalue weighted by molar-refractivity contribution is 7.89. The third-order valence-corrected chi connectivity index (χ3v) is 4.59. The monoisotopic (exact) mass is 272 g/mol. The summed E-state index contributed by atoms with van der Waals surface area (Å²) in [5.41, 5.74) is 0.739. The molecule has 1 saturated heterocycles. The molecule has 1 unspecified atom stereocenters. The maximum atomic E-state index is 11.9. The number of hydrogen-bond acceptors (Lipinski definition) is 4. The van der Waals surface area contributed by atoms with Crippen LogP contribution in [-0.4, -0.2) is 37.0 Å². The summed E-state index contributed by atoms with van der Waals surface area (Å²) in [5.74, 6) is 0.423. The quantitative estimate of drug-likeness (QED) is 0.781. The first kappa shape index (κ1) is 13.5. The number of rotatable bonds is 5. The predicted molar refractivity (Wildman–Crippen MR) is 69.4 cm³/mol. The molecule has 0 aliphatic carbocycles. The topological polar surface area (TPSA) is 76.0 Å². The molecule has 18 heavy (non-hydrogen) atoms. The van der Waals surface area contributed by atoms with Crippen molar-refractivity contribution in [3.05, 3.63) is 18.0 Å². The van der Waals surface area contributed by atoms with Crippen LogP contribution in [0.15, 0.2) is 12.3 Å². The minimum atomic E-state index is -3.21. The van der Waals surface area contributed by atoms with Crippen molar-refractivity contribution in [2.75, 3.05) is 18.8 Å². The lowest BCUT2D eigenvalue weighted by Gasteiger charge is -2.22. The maximum absolute atomic E-state index is 11.9. The van der Waals surface area contributed by atoms with E-state index in [4.69, 9.17) is 0 Å². The summed E-state index contributed by atoms with van der Waals surface area (Å²) < 4.78 is 28.1. The number of hydrogen-bond donors (Lipinski definition) is 2. The van der Waals surface area contributed by atoms with Crippen molar-refractivity contribution in [1.29, 1.82) is 0 Å². The second-order valence-corrected chi connectivity index (χ2v) is 6.65. The molecule has 0 saturated carbocycles. The van der Waals surface area contributed by atoms with E-state index in [0.29, 0.717) is 0 Å². The third-order valence-electron chi connectivity index (χ3n) is 3.10. The van der Waals surface area contributed by atoms with Crippen LogP contribution in [0.3, 0.4) is 0 Å². The lowest BCUT2D eigenvalue weighted by molar-refractivity contribution is 0.402. The Kier molecular flexibility index (Phi) is 4.36. The minimum absolute atomic E-state index is 0.201. The minimum Gasteiger partial charge on any atom is -0.316 e. The molecular weight excluding hydrogens is 252 g/mol. The summed E-state index contributed by atoms with van der Waals surface area (Å²) in [4.78, 5) is 0. The molecule has 0 bridgehead atoms. The van der Waals surface area contributed by atoms with Gasteiger partial charge in [0.2, 0.25) is 10.0 Å². The van der Waals surface area contributed by atoms with Gasteiger partial charge in [0.25, 0.3) is 0 Å². The van der Waals surface area contributed by atoms with Crippen LogP contribution < -0.4 is 10.0 Å². The molecule has 1 aromatic heterocycles. The summed E-state index contributed by atoms with van der Waals surface area (Å²) in [6.45, 7) is 2.06. The zero-order valence-electron chi connectivity index (χ0n) is 10.6. The molecule has 0 radical (unpaired) electrons. The van der Waals surface area contributed by atoms with Crippen LogP contribution in [0.1, 0.15) is 18.5 Å². The van der Waals surface area contributed by atoms with E-state index in [1.54, 1.807) is 10.9 Å². The number of aryl methyl sites for hydroxylation is 1. The first-order chi connectivity index (χ1) is 8.55. The molecule has 7 heteroatoms. The highest BCUT2D eigenvalue weighted by Gasteiger charge is 2.20. The van der Waals surface area contributed by atoms with Crippen LogP contribution >= 0.6 is 0 Å². The zero-order valence-corrected chi connectivity index (χ0v) is 11.4. The van der Waals surface area contributed by atoms with Gasteiger partial charge in [-0.15, -0.1) is 0 Å². The van der Waals surface area contributed by atoms with Crippen molar-refractivity contribution < 1.29 is 8.42 Å². The molecule has 1 atom stereocenters. The Bertz CT molecular complexity index is 477. The van der Waals surface area contributed by atoms with Crippen molar-refractivity contribution in [3.63, 3.8) is 0 Å². The SMILES string of the molecule is Cn1ccc(CNS(=O)(=O)CC2CCCNC2)n1. The summed E-state index contributed by atoms with van der Waals surface area (Å²) in [6.07, 6.45) is 3.84. The lowest BCUT2D eigenvalue weighted by atomic mass is 10.0. The highest BCUT2D eigenvalue weighted by Crippen LogP contribution is 2.12. The molecule has 1 aliphatic rings. The number of sulfonamides is 1. The van der Waals surface area contributed by atoms with E-state index in [2.05, 4.69) is 15.1 Å². The van der Waals surface area contributed by atoms with Crippen molar-refractivity contribution >= 4 is 10.0 Å². The Hall–Kier alpha value is -0.920. The first-order valence-corrected chi connectivity index (χ1v) is 7.87. The fourth-order valence-corrected chi connectivity index (χ4v) is 3.57. The van der Waals surface area contributed by atoms with E-state index in [-0.39, 0.29) is 18.2 Å². The first-order valence-electron chi connectivity index (χ1n) is 6.22. The maximum Gasteiger partial charge on any atom is 0.212 e.